The molecule has 0 radical (unpaired) electrons. The number of aromatic nitrogens is 1. The molecule has 0 aromatic carbocycles. The van der Waals surface area contributed by atoms with E-state index in [0.717, 1.165) is 30.1 Å². The second-order valence-corrected chi connectivity index (χ2v) is 4.90. The van der Waals surface area contributed by atoms with E-state index in [2.05, 4.69) is 22.7 Å². The number of rotatable bonds is 2. The molecule has 1 fully saturated rings. The third-order valence-electron chi connectivity index (χ3n) is 2.79. The lowest BCUT2D eigenvalue weighted by Crippen LogP contribution is -2.32. The maximum Gasteiger partial charge on any atom is 0.127 e. The number of anilines is 1. The molecule has 1 aromatic heterocycles. The van der Waals surface area contributed by atoms with Gasteiger partial charge in [-0.3, -0.25) is 0 Å². The predicted molar refractivity (Wildman–Crippen MR) is 63.6 cm³/mol. The van der Waals surface area contributed by atoms with Crippen molar-refractivity contribution >= 4 is 16.5 Å². The highest BCUT2D eigenvalue weighted by molar-refractivity contribution is 7.10. The third-order valence-corrected chi connectivity index (χ3v) is 3.66. The fraction of sp³-hybridized carbons (Fsp3) is 0.636. The van der Waals surface area contributed by atoms with E-state index in [-0.39, 0.29) is 0 Å². The zero-order chi connectivity index (χ0) is 11.5. The number of nitrogens with one attached hydrogen (secondary N) is 1. The van der Waals surface area contributed by atoms with Gasteiger partial charge in [-0.25, -0.2) is 0 Å². The minimum absolute atomic E-state index is 0.297. The second kappa shape index (κ2) is 4.81. The minimum atomic E-state index is 0.297. The Balaban J connectivity index is 2.06. The average molecular weight is 237 g/mol. The van der Waals surface area contributed by atoms with Crippen molar-refractivity contribution in [3.8, 4) is 6.07 Å². The number of nitriles is 1. The van der Waals surface area contributed by atoms with Gasteiger partial charge in [0.15, 0.2) is 0 Å². The van der Waals surface area contributed by atoms with E-state index in [1.807, 2.05) is 6.92 Å². The van der Waals surface area contributed by atoms with Crippen LogP contribution in [0.5, 0.6) is 0 Å². The van der Waals surface area contributed by atoms with Crippen LogP contribution < -0.4 is 5.32 Å². The Morgan fingerprint density at radius 1 is 1.62 bits per heavy atom. The fourth-order valence-electron chi connectivity index (χ4n) is 1.91. The lowest BCUT2D eigenvalue weighted by molar-refractivity contribution is 0.0233. The molecule has 1 aromatic rings. The van der Waals surface area contributed by atoms with E-state index in [9.17, 15) is 0 Å². The van der Waals surface area contributed by atoms with E-state index < -0.39 is 0 Å². The van der Waals surface area contributed by atoms with Crippen molar-refractivity contribution in [2.45, 2.75) is 38.8 Å². The Morgan fingerprint density at radius 3 is 3.12 bits per heavy atom. The van der Waals surface area contributed by atoms with Crippen LogP contribution >= 0.6 is 11.5 Å². The van der Waals surface area contributed by atoms with Crippen molar-refractivity contribution in [2.75, 3.05) is 11.9 Å². The van der Waals surface area contributed by atoms with Gasteiger partial charge in [0.05, 0.1) is 11.8 Å². The van der Waals surface area contributed by atoms with Crippen LogP contribution in [0.3, 0.4) is 0 Å². The highest BCUT2D eigenvalue weighted by Crippen LogP contribution is 2.26. The summed E-state index contributed by atoms with van der Waals surface area (Å²) in [5.41, 5.74) is 1.50. The standard InChI is InChI=1S/C11H15N3OS/c1-7-5-9(3-4-15-7)13-11-10(6-12)8(2)14-16-11/h7,9,13H,3-5H2,1-2H3. The number of aryl methyl sites for hydroxylation is 1. The highest BCUT2D eigenvalue weighted by atomic mass is 32.1. The summed E-state index contributed by atoms with van der Waals surface area (Å²) in [7, 11) is 0. The maximum absolute atomic E-state index is 9.02. The highest BCUT2D eigenvalue weighted by Gasteiger charge is 2.21. The van der Waals surface area contributed by atoms with Crippen LogP contribution in [0.1, 0.15) is 31.0 Å². The Kier molecular flexibility index (Phi) is 3.42. The van der Waals surface area contributed by atoms with Gasteiger partial charge in [-0.15, -0.1) is 0 Å². The molecule has 16 heavy (non-hydrogen) atoms. The van der Waals surface area contributed by atoms with Crippen LogP contribution in [0, 0.1) is 18.3 Å². The second-order valence-electron chi connectivity index (χ2n) is 4.13. The molecule has 0 bridgehead atoms. The van der Waals surface area contributed by atoms with Crippen molar-refractivity contribution in [3.63, 3.8) is 0 Å². The van der Waals surface area contributed by atoms with Crippen LogP contribution in [0.25, 0.3) is 0 Å². The van der Waals surface area contributed by atoms with Crippen molar-refractivity contribution < 1.29 is 4.74 Å². The van der Waals surface area contributed by atoms with Crippen molar-refractivity contribution in [1.82, 2.24) is 4.37 Å². The summed E-state index contributed by atoms with van der Waals surface area (Å²) in [6.07, 6.45) is 2.28. The number of hydrogen-bond acceptors (Lipinski definition) is 5. The van der Waals surface area contributed by atoms with Crippen molar-refractivity contribution in [3.05, 3.63) is 11.3 Å². The molecule has 2 unspecified atom stereocenters. The predicted octanol–water partition coefficient (Wildman–Crippen LogP) is 2.30. The van der Waals surface area contributed by atoms with E-state index in [0.29, 0.717) is 17.7 Å². The van der Waals surface area contributed by atoms with E-state index in [1.54, 1.807) is 0 Å². The molecule has 1 aliphatic rings. The van der Waals surface area contributed by atoms with Gasteiger partial charge in [0.2, 0.25) is 0 Å². The smallest absolute Gasteiger partial charge is 0.127 e. The molecule has 1 saturated heterocycles. The van der Waals surface area contributed by atoms with E-state index in [4.69, 9.17) is 10.00 Å². The minimum Gasteiger partial charge on any atom is -0.378 e. The molecule has 5 heteroatoms. The lowest BCUT2D eigenvalue weighted by atomic mass is 10.0. The van der Waals surface area contributed by atoms with Gasteiger partial charge < -0.3 is 10.1 Å². The first-order valence-electron chi connectivity index (χ1n) is 5.45. The number of hydrogen-bond donors (Lipinski definition) is 1. The lowest BCUT2D eigenvalue weighted by Gasteiger charge is -2.28. The van der Waals surface area contributed by atoms with Crippen LogP contribution in [0.2, 0.25) is 0 Å². The molecule has 2 atom stereocenters. The van der Waals surface area contributed by atoms with Crippen LogP contribution in [-0.2, 0) is 4.74 Å². The van der Waals surface area contributed by atoms with Crippen LogP contribution in [0.4, 0.5) is 5.00 Å². The van der Waals surface area contributed by atoms with Crippen molar-refractivity contribution in [2.24, 2.45) is 0 Å². The van der Waals surface area contributed by atoms with Gasteiger partial charge in [0.1, 0.15) is 16.6 Å². The normalized spacial score (nSPS) is 25.1. The van der Waals surface area contributed by atoms with Gasteiger partial charge in [-0.05, 0) is 38.2 Å². The van der Waals surface area contributed by atoms with Crippen LogP contribution in [0.15, 0.2) is 0 Å². The first-order valence-corrected chi connectivity index (χ1v) is 6.22. The van der Waals surface area contributed by atoms with Crippen molar-refractivity contribution in [1.29, 1.82) is 5.26 Å². The Hall–Kier alpha value is -1.12. The summed E-state index contributed by atoms with van der Waals surface area (Å²) in [5, 5.41) is 13.3. The molecule has 2 rings (SSSR count). The zero-order valence-corrected chi connectivity index (χ0v) is 10.3. The molecule has 0 aliphatic carbocycles. The average Bonchev–Trinajstić information content (AvgIpc) is 2.59. The molecule has 0 amide bonds. The Bertz CT molecular complexity index is 410. The molecule has 1 aliphatic heterocycles. The zero-order valence-electron chi connectivity index (χ0n) is 9.49. The topological polar surface area (TPSA) is 57.9 Å². The molecular weight excluding hydrogens is 222 g/mol. The molecule has 1 N–H and O–H groups in total. The van der Waals surface area contributed by atoms with Gasteiger partial charge in [-0.1, -0.05) is 0 Å². The summed E-state index contributed by atoms with van der Waals surface area (Å²) >= 11 is 1.37. The number of nitrogens with zero attached hydrogens (tertiary/aromatic N) is 2. The van der Waals surface area contributed by atoms with Crippen LogP contribution in [-0.4, -0.2) is 23.1 Å². The molecular formula is C11H15N3OS. The first kappa shape index (κ1) is 11.4. The summed E-state index contributed by atoms with van der Waals surface area (Å²) in [5.74, 6) is 0. The van der Waals surface area contributed by atoms with Gasteiger partial charge >= 0.3 is 0 Å². The van der Waals surface area contributed by atoms with E-state index in [1.165, 1.54) is 11.5 Å². The molecule has 0 saturated carbocycles. The van der Waals surface area contributed by atoms with Gasteiger partial charge in [0, 0.05) is 12.6 Å². The summed E-state index contributed by atoms with van der Waals surface area (Å²) in [4.78, 5) is 0. The fourth-order valence-corrected chi connectivity index (χ4v) is 2.74. The SMILES string of the molecule is Cc1nsc(NC2CCOC(C)C2)c1C#N. The largest absolute Gasteiger partial charge is 0.378 e. The first-order chi connectivity index (χ1) is 7.70. The summed E-state index contributed by atoms with van der Waals surface area (Å²) in [6, 6.07) is 2.60. The maximum atomic E-state index is 9.02. The molecule has 4 nitrogen and oxygen atoms in total. The summed E-state index contributed by atoms with van der Waals surface area (Å²) in [6.45, 7) is 4.74. The Labute approximate surface area is 99.4 Å². The quantitative estimate of drug-likeness (QED) is 0.857. The molecule has 86 valence electrons. The van der Waals surface area contributed by atoms with Gasteiger partial charge in [0.25, 0.3) is 0 Å². The Morgan fingerprint density at radius 2 is 2.44 bits per heavy atom. The van der Waals surface area contributed by atoms with Gasteiger partial charge in [-0.2, -0.15) is 9.64 Å². The monoisotopic (exact) mass is 237 g/mol. The summed E-state index contributed by atoms with van der Waals surface area (Å²) < 4.78 is 9.69. The number of ether oxygens (including phenoxy) is 1. The molecule has 2 heterocycles. The van der Waals surface area contributed by atoms with E-state index >= 15 is 0 Å². The third kappa shape index (κ3) is 2.34. The molecule has 0 spiro atoms.